The van der Waals surface area contributed by atoms with Gasteiger partial charge in [-0.3, -0.25) is 4.79 Å². The fourth-order valence-electron chi connectivity index (χ4n) is 2.70. The third-order valence-electron chi connectivity index (χ3n) is 3.91. The number of nitrogens with zero attached hydrogens (tertiary/aromatic N) is 3. The van der Waals surface area contributed by atoms with Gasteiger partial charge in [-0.05, 0) is 18.8 Å². The molecule has 1 aromatic rings. The number of anilines is 1. The second-order valence-electron chi connectivity index (χ2n) is 6.02. The molecule has 0 saturated heterocycles. The molecule has 20 heavy (non-hydrogen) atoms. The summed E-state index contributed by atoms with van der Waals surface area (Å²) in [5.74, 6) is 1.37. The van der Waals surface area contributed by atoms with Crippen LogP contribution in [0.3, 0.4) is 0 Å². The quantitative estimate of drug-likeness (QED) is 0.916. The van der Waals surface area contributed by atoms with Gasteiger partial charge in [-0.2, -0.15) is 0 Å². The molecule has 5 heteroatoms. The highest BCUT2D eigenvalue weighted by Crippen LogP contribution is 2.25. The smallest absolute Gasteiger partial charge is 0.274 e. The molecule has 0 atom stereocenters. The molecule has 0 spiro atoms. The number of carbonyl (C=O) groups excluding carboxylic acids is 1. The summed E-state index contributed by atoms with van der Waals surface area (Å²) in [4.78, 5) is 22.7. The van der Waals surface area contributed by atoms with Gasteiger partial charge in [0, 0.05) is 19.5 Å². The molecule has 1 fully saturated rings. The van der Waals surface area contributed by atoms with Crippen LogP contribution in [0.25, 0.3) is 0 Å². The zero-order valence-electron chi connectivity index (χ0n) is 12.6. The topological polar surface area (TPSA) is 72.1 Å². The molecule has 0 aliphatic heterocycles. The molecule has 1 heterocycles. The van der Waals surface area contributed by atoms with E-state index in [1.807, 2.05) is 20.9 Å². The number of rotatable bonds is 4. The normalized spacial score (nSPS) is 15.8. The van der Waals surface area contributed by atoms with Crippen LogP contribution in [0.1, 0.15) is 61.8 Å². The molecule has 0 bridgehead atoms. The highest BCUT2D eigenvalue weighted by Gasteiger charge is 2.23. The van der Waals surface area contributed by atoms with E-state index in [-0.39, 0.29) is 11.8 Å². The number of nitrogens with two attached hydrogens (primary N) is 1. The third-order valence-corrected chi connectivity index (χ3v) is 3.91. The Kier molecular flexibility index (Phi) is 4.57. The fourth-order valence-corrected chi connectivity index (χ4v) is 2.70. The largest absolute Gasteiger partial charge is 0.396 e. The van der Waals surface area contributed by atoms with E-state index in [0.717, 1.165) is 6.54 Å². The van der Waals surface area contributed by atoms with Crippen LogP contribution in [0, 0.1) is 5.92 Å². The molecule has 1 saturated carbocycles. The van der Waals surface area contributed by atoms with E-state index in [4.69, 9.17) is 5.73 Å². The van der Waals surface area contributed by atoms with Gasteiger partial charge < -0.3 is 10.6 Å². The summed E-state index contributed by atoms with van der Waals surface area (Å²) in [6.07, 6.45) is 6.53. The Morgan fingerprint density at radius 1 is 1.45 bits per heavy atom. The lowest BCUT2D eigenvalue weighted by atomic mass is 10.1. The first-order valence-corrected chi connectivity index (χ1v) is 7.37. The maximum atomic E-state index is 12.5. The molecule has 5 nitrogen and oxygen atoms in total. The maximum absolute atomic E-state index is 12.5. The standard InChI is InChI=1S/C15H24N4O/c1-10(2)14-17-8-12(16)13(18-14)15(20)19(3)9-11-6-4-5-7-11/h8,10-11H,4-7,9,16H2,1-3H3. The lowest BCUT2D eigenvalue weighted by Gasteiger charge is -2.21. The average molecular weight is 276 g/mol. The zero-order valence-corrected chi connectivity index (χ0v) is 12.6. The summed E-state index contributed by atoms with van der Waals surface area (Å²) >= 11 is 0. The number of amides is 1. The van der Waals surface area contributed by atoms with Crippen LogP contribution in [0.4, 0.5) is 5.69 Å². The number of hydrogen-bond donors (Lipinski definition) is 1. The minimum absolute atomic E-state index is 0.0984. The minimum atomic E-state index is -0.0984. The summed E-state index contributed by atoms with van der Waals surface area (Å²) in [5.41, 5.74) is 6.56. The fraction of sp³-hybridized carbons (Fsp3) is 0.667. The first-order chi connectivity index (χ1) is 9.49. The number of nitrogen functional groups attached to an aromatic ring is 1. The van der Waals surface area contributed by atoms with Crippen LogP contribution < -0.4 is 5.73 Å². The predicted molar refractivity (Wildman–Crippen MR) is 79.5 cm³/mol. The van der Waals surface area contributed by atoms with Gasteiger partial charge in [-0.25, -0.2) is 9.97 Å². The van der Waals surface area contributed by atoms with Gasteiger partial charge in [0.15, 0.2) is 5.69 Å². The van der Waals surface area contributed by atoms with Crippen molar-refractivity contribution in [3.8, 4) is 0 Å². The van der Waals surface area contributed by atoms with E-state index in [1.54, 1.807) is 11.1 Å². The first kappa shape index (κ1) is 14.8. The molecule has 110 valence electrons. The summed E-state index contributed by atoms with van der Waals surface area (Å²) < 4.78 is 0. The van der Waals surface area contributed by atoms with Crippen molar-refractivity contribution in [1.29, 1.82) is 0 Å². The Morgan fingerprint density at radius 2 is 2.10 bits per heavy atom. The van der Waals surface area contributed by atoms with Crippen molar-refractivity contribution in [3.05, 3.63) is 17.7 Å². The van der Waals surface area contributed by atoms with E-state index in [2.05, 4.69) is 9.97 Å². The highest BCUT2D eigenvalue weighted by atomic mass is 16.2. The summed E-state index contributed by atoms with van der Waals surface area (Å²) in [6.45, 7) is 4.79. The van der Waals surface area contributed by atoms with Gasteiger partial charge in [0.05, 0.1) is 11.9 Å². The Labute approximate surface area is 120 Å². The molecule has 1 aliphatic rings. The highest BCUT2D eigenvalue weighted by molar-refractivity contribution is 5.96. The molecular formula is C15H24N4O. The molecule has 1 aromatic heterocycles. The van der Waals surface area contributed by atoms with E-state index < -0.39 is 0 Å². The maximum Gasteiger partial charge on any atom is 0.274 e. The van der Waals surface area contributed by atoms with Crippen molar-refractivity contribution in [3.63, 3.8) is 0 Å². The molecule has 2 rings (SSSR count). The predicted octanol–water partition coefficient (Wildman–Crippen LogP) is 2.44. The Morgan fingerprint density at radius 3 is 2.70 bits per heavy atom. The van der Waals surface area contributed by atoms with Gasteiger partial charge in [0.2, 0.25) is 0 Å². The van der Waals surface area contributed by atoms with E-state index >= 15 is 0 Å². The molecule has 1 amide bonds. The summed E-state index contributed by atoms with van der Waals surface area (Å²) in [6, 6.07) is 0. The Balaban J connectivity index is 2.12. The monoisotopic (exact) mass is 276 g/mol. The molecule has 1 aliphatic carbocycles. The van der Waals surface area contributed by atoms with Crippen molar-refractivity contribution in [2.75, 3.05) is 19.3 Å². The average Bonchev–Trinajstić information content (AvgIpc) is 2.91. The Bertz CT molecular complexity index is 481. The number of aromatic nitrogens is 2. The van der Waals surface area contributed by atoms with Crippen LogP contribution in [0.2, 0.25) is 0 Å². The summed E-state index contributed by atoms with van der Waals surface area (Å²) in [7, 11) is 1.83. The van der Waals surface area contributed by atoms with Crippen LogP contribution in [-0.2, 0) is 0 Å². The first-order valence-electron chi connectivity index (χ1n) is 7.37. The van der Waals surface area contributed by atoms with Crippen LogP contribution in [-0.4, -0.2) is 34.4 Å². The molecule has 0 aromatic carbocycles. The lowest BCUT2D eigenvalue weighted by molar-refractivity contribution is 0.0768. The molecular weight excluding hydrogens is 252 g/mol. The van der Waals surface area contributed by atoms with Crippen molar-refractivity contribution < 1.29 is 4.79 Å². The second-order valence-corrected chi connectivity index (χ2v) is 6.02. The van der Waals surface area contributed by atoms with Crippen LogP contribution in [0.15, 0.2) is 6.20 Å². The SMILES string of the molecule is CC(C)c1ncc(N)c(C(=O)N(C)CC2CCCC2)n1. The molecule has 2 N–H and O–H groups in total. The van der Waals surface area contributed by atoms with E-state index in [1.165, 1.54) is 25.7 Å². The lowest BCUT2D eigenvalue weighted by Crippen LogP contribution is -2.32. The van der Waals surface area contributed by atoms with Gasteiger partial charge in [0.25, 0.3) is 5.91 Å². The van der Waals surface area contributed by atoms with Gasteiger partial charge >= 0.3 is 0 Å². The molecule has 0 radical (unpaired) electrons. The van der Waals surface area contributed by atoms with Crippen molar-refractivity contribution in [2.24, 2.45) is 5.92 Å². The van der Waals surface area contributed by atoms with Crippen molar-refractivity contribution in [1.82, 2.24) is 14.9 Å². The second kappa shape index (κ2) is 6.20. The minimum Gasteiger partial charge on any atom is -0.396 e. The van der Waals surface area contributed by atoms with Crippen molar-refractivity contribution in [2.45, 2.75) is 45.4 Å². The zero-order chi connectivity index (χ0) is 14.7. The van der Waals surface area contributed by atoms with Gasteiger partial charge in [-0.15, -0.1) is 0 Å². The van der Waals surface area contributed by atoms with Gasteiger partial charge in [0.1, 0.15) is 5.82 Å². The van der Waals surface area contributed by atoms with Crippen LogP contribution >= 0.6 is 0 Å². The van der Waals surface area contributed by atoms with Crippen LogP contribution in [0.5, 0.6) is 0 Å². The third kappa shape index (κ3) is 3.26. The van der Waals surface area contributed by atoms with E-state index in [9.17, 15) is 4.79 Å². The molecule has 0 unspecified atom stereocenters. The number of hydrogen-bond acceptors (Lipinski definition) is 4. The van der Waals surface area contributed by atoms with E-state index in [0.29, 0.717) is 23.1 Å². The Hall–Kier alpha value is -1.65. The van der Waals surface area contributed by atoms with Crippen molar-refractivity contribution >= 4 is 11.6 Å². The van der Waals surface area contributed by atoms with Gasteiger partial charge in [-0.1, -0.05) is 26.7 Å². The number of carbonyl (C=O) groups is 1. The summed E-state index contributed by atoms with van der Waals surface area (Å²) in [5, 5.41) is 0.